The zero-order chi connectivity index (χ0) is 7.61. The van der Waals surface area contributed by atoms with Crippen molar-refractivity contribution in [1.82, 2.24) is 0 Å². The van der Waals surface area contributed by atoms with E-state index in [4.69, 9.17) is 6.42 Å². The van der Waals surface area contributed by atoms with Crippen molar-refractivity contribution in [1.29, 1.82) is 0 Å². The van der Waals surface area contributed by atoms with E-state index in [9.17, 15) is 5.11 Å². The van der Waals surface area contributed by atoms with Crippen LogP contribution in [-0.4, -0.2) is 10.7 Å². The van der Waals surface area contributed by atoms with Crippen LogP contribution < -0.4 is 0 Å². The first kappa shape index (κ1) is 7.11. The van der Waals surface area contributed by atoms with Crippen molar-refractivity contribution in [3.8, 4) is 12.3 Å². The Morgan fingerprint density at radius 2 is 2.30 bits per heavy atom. The largest absolute Gasteiger partial charge is 0.373 e. The summed E-state index contributed by atoms with van der Waals surface area (Å²) in [6.45, 7) is 1.89. The van der Waals surface area contributed by atoms with E-state index < -0.39 is 5.60 Å². The molecule has 0 amide bonds. The molecule has 1 heteroatoms. The van der Waals surface area contributed by atoms with E-state index in [0.29, 0.717) is 0 Å². The highest BCUT2D eigenvalue weighted by molar-refractivity contribution is 5.30. The standard InChI is InChI=1S/C9H10O/c1-3-9(10)7-5-4-6-8(9)2/h1,4-8,10H,2H3. The van der Waals surface area contributed by atoms with Crippen molar-refractivity contribution in [2.45, 2.75) is 12.5 Å². The predicted molar refractivity (Wildman–Crippen MR) is 41.2 cm³/mol. The first-order valence-electron chi connectivity index (χ1n) is 3.25. The van der Waals surface area contributed by atoms with Crippen LogP contribution in [0.3, 0.4) is 0 Å². The fourth-order valence-electron chi connectivity index (χ4n) is 0.911. The van der Waals surface area contributed by atoms with Crippen molar-refractivity contribution >= 4 is 0 Å². The van der Waals surface area contributed by atoms with Crippen LogP contribution in [0.15, 0.2) is 24.3 Å². The zero-order valence-electron chi connectivity index (χ0n) is 5.91. The molecule has 52 valence electrons. The molecule has 0 aromatic rings. The van der Waals surface area contributed by atoms with Gasteiger partial charge in [-0.05, 0) is 6.08 Å². The fraction of sp³-hybridized carbons (Fsp3) is 0.333. The first-order chi connectivity index (χ1) is 4.69. The molecule has 0 aromatic heterocycles. The summed E-state index contributed by atoms with van der Waals surface area (Å²) in [6.07, 6.45) is 12.3. The lowest BCUT2D eigenvalue weighted by Gasteiger charge is -2.25. The Bertz CT molecular complexity index is 219. The van der Waals surface area contributed by atoms with Gasteiger partial charge in [-0.15, -0.1) is 6.42 Å². The summed E-state index contributed by atoms with van der Waals surface area (Å²) in [5.74, 6) is 2.36. The molecule has 0 saturated heterocycles. The van der Waals surface area contributed by atoms with Crippen LogP contribution in [0.25, 0.3) is 0 Å². The Labute approximate surface area is 61.1 Å². The average Bonchev–Trinajstić information content (AvgIpc) is 1.96. The van der Waals surface area contributed by atoms with E-state index in [2.05, 4.69) is 5.92 Å². The molecule has 0 aromatic carbocycles. The monoisotopic (exact) mass is 134 g/mol. The summed E-state index contributed by atoms with van der Waals surface area (Å²) < 4.78 is 0. The van der Waals surface area contributed by atoms with E-state index >= 15 is 0 Å². The molecule has 0 radical (unpaired) electrons. The highest BCUT2D eigenvalue weighted by Gasteiger charge is 2.27. The van der Waals surface area contributed by atoms with E-state index in [1.54, 1.807) is 12.2 Å². The smallest absolute Gasteiger partial charge is 0.150 e. The Morgan fingerprint density at radius 1 is 1.60 bits per heavy atom. The molecule has 1 rings (SSSR count). The second kappa shape index (κ2) is 2.32. The number of hydrogen-bond donors (Lipinski definition) is 1. The third kappa shape index (κ3) is 0.984. The topological polar surface area (TPSA) is 20.2 Å². The van der Waals surface area contributed by atoms with Gasteiger partial charge in [-0.3, -0.25) is 0 Å². The van der Waals surface area contributed by atoms with Gasteiger partial charge in [-0.2, -0.15) is 0 Å². The van der Waals surface area contributed by atoms with Crippen LogP contribution in [0.1, 0.15) is 6.92 Å². The summed E-state index contributed by atoms with van der Waals surface area (Å²) in [5.41, 5.74) is -1.06. The van der Waals surface area contributed by atoms with Crippen molar-refractivity contribution in [3.05, 3.63) is 24.3 Å². The number of rotatable bonds is 0. The van der Waals surface area contributed by atoms with Gasteiger partial charge in [0.25, 0.3) is 0 Å². The lowest BCUT2D eigenvalue weighted by molar-refractivity contribution is 0.113. The molecule has 0 fully saturated rings. The van der Waals surface area contributed by atoms with Crippen molar-refractivity contribution in [2.75, 3.05) is 0 Å². The molecular weight excluding hydrogens is 124 g/mol. The van der Waals surface area contributed by atoms with Crippen LogP contribution >= 0.6 is 0 Å². The van der Waals surface area contributed by atoms with Crippen LogP contribution in [0.5, 0.6) is 0 Å². The van der Waals surface area contributed by atoms with Crippen molar-refractivity contribution < 1.29 is 5.11 Å². The molecule has 2 unspecified atom stereocenters. The fourth-order valence-corrected chi connectivity index (χ4v) is 0.911. The molecule has 1 aliphatic rings. The van der Waals surface area contributed by atoms with Gasteiger partial charge in [0.2, 0.25) is 0 Å². The molecule has 1 N–H and O–H groups in total. The minimum Gasteiger partial charge on any atom is -0.373 e. The quantitative estimate of drug-likeness (QED) is 0.492. The number of terminal acetylenes is 1. The van der Waals surface area contributed by atoms with Gasteiger partial charge < -0.3 is 5.11 Å². The maximum absolute atomic E-state index is 9.57. The van der Waals surface area contributed by atoms with Gasteiger partial charge in [0.1, 0.15) is 5.60 Å². The average molecular weight is 134 g/mol. The van der Waals surface area contributed by atoms with Gasteiger partial charge in [0.15, 0.2) is 0 Å². The van der Waals surface area contributed by atoms with Crippen LogP contribution in [0, 0.1) is 18.3 Å². The summed E-state index contributed by atoms with van der Waals surface area (Å²) in [7, 11) is 0. The Kier molecular flexibility index (Phi) is 1.65. The second-order valence-electron chi connectivity index (χ2n) is 2.50. The molecule has 0 aliphatic heterocycles. The molecule has 1 nitrogen and oxygen atoms in total. The van der Waals surface area contributed by atoms with Crippen molar-refractivity contribution in [3.63, 3.8) is 0 Å². The van der Waals surface area contributed by atoms with Gasteiger partial charge in [-0.1, -0.05) is 31.1 Å². The highest BCUT2D eigenvalue weighted by atomic mass is 16.3. The lowest BCUT2D eigenvalue weighted by Crippen LogP contribution is -2.32. The molecule has 0 heterocycles. The molecule has 2 atom stereocenters. The zero-order valence-corrected chi connectivity index (χ0v) is 5.91. The summed E-state index contributed by atoms with van der Waals surface area (Å²) >= 11 is 0. The summed E-state index contributed by atoms with van der Waals surface area (Å²) in [5, 5.41) is 9.57. The van der Waals surface area contributed by atoms with E-state index in [1.807, 2.05) is 19.1 Å². The van der Waals surface area contributed by atoms with E-state index in [0.717, 1.165) is 0 Å². The molecule has 0 bridgehead atoms. The van der Waals surface area contributed by atoms with Gasteiger partial charge in [0.05, 0.1) is 0 Å². The Morgan fingerprint density at radius 3 is 2.70 bits per heavy atom. The molecule has 0 spiro atoms. The summed E-state index contributed by atoms with van der Waals surface area (Å²) in [6, 6.07) is 0. The maximum Gasteiger partial charge on any atom is 0.150 e. The van der Waals surface area contributed by atoms with Gasteiger partial charge in [0, 0.05) is 5.92 Å². The number of aliphatic hydroxyl groups is 1. The minimum absolute atomic E-state index is 0.0162. The lowest BCUT2D eigenvalue weighted by atomic mass is 9.86. The van der Waals surface area contributed by atoms with Crippen molar-refractivity contribution in [2.24, 2.45) is 5.92 Å². The normalized spacial score (nSPS) is 37.5. The Hall–Kier alpha value is -1.00. The minimum atomic E-state index is -1.06. The molecule has 10 heavy (non-hydrogen) atoms. The van der Waals surface area contributed by atoms with E-state index in [1.165, 1.54) is 0 Å². The maximum atomic E-state index is 9.57. The highest BCUT2D eigenvalue weighted by Crippen LogP contribution is 2.22. The third-order valence-electron chi connectivity index (χ3n) is 1.79. The van der Waals surface area contributed by atoms with Crippen LogP contribution in [0.4, 0.5) is 0 Å². The second-order valence-corrected chi connectivity index (χ2v) is 2.50. The van der Waals surface area contributed by atoms with Crippen LogP contribution in [0.2, 0.25) is 0 Å². The van der Waals surface area contributed by atoms with Crippen LogP contribution in [-0.2, 0) is 0 Å². The molecule has 0 saturated carbocycles. The number of hydrogen-bond acceptors (Lipinski definition) is 1. The first-order valence-corrected chi connectivity index (χ1v) is 3.25. The predicted octanol–water partition coefficient (Wildman–Crippen LogP) is 1.11. The third-order valence-corrected chi connectivity index (χ3v) is 1.79. The van der Waals surface area contributed by atoms with E-state index in [-0.39, 0.29) is 5.92 Å². The molecular formula is C9H10O. The number of allylic oxidation sites excluding steroid dienone is 2. The molecule has 1 aliphatic carbocycles. The Balaban J connectivity index is 2.91. The SMILES string of the molecule is C#CC1(O)C=CC=CC1C. The van der Waals surface area contributed by atoms with Gasteiger partial charge >= 0.3 is 0 Å². The van der Waals surface area contributed by atoms with Gasteiger partial charge in [-0.25, -0.2) is 0 Å². The summed E-state index contributed by atoms with van der Waals surface area (Å²) in [4.78, 5) is 0.